The molecule has 0 amide bonds. The van der Waals surface area contributed by atoms with Crippen LogP contribution in [0.5, 0.6) is 0 Å². The van der Waals surface area contributed by atoms with Gasteiger partial charge < -0.3 is 5.11 Å². The summed E-state index contributed by atoms with van der Waals surface area (Å²) in [5.41, 5.74) is 2.15. The smallest absolute Gasteiger partial charge is 0.0992 e. The van der Waals surface area contributed by atoms with Crippen LogP contribution in [0.25, 0.3) is 12.2 Å². The van der Waals surface area contributed by atoms with Crippen molar-refractivity contribution >= 4 is 34.8 Å². The van der Waals surface area contributed by atoms with Crippen LogP contribution < -0.4 is 0 Å². The average Bonchev–Trinajstić information content (AvgIpc) is 3.08. The largest absolute Gasteiger partial charge is 0.384 e. The molecule has 3 rings (SSSR count). The number of likely N-dealkylation sites (N-methyl/N-ethyl adjacent to an activating group) is 1. The highest BCUT2D eigenvalue weighted by Crippen LogP contribution is 2.26. The van der Waals surface area contributed by atoms with Gasteiger partial charge in [-0.25, -0.2) is 0 Å². The Balaban J connectivity index is 1.90. The van der Waals surface area contributed by atoms with E-state index in [9.17, 15) is 5.11 Å². The molecule has 3 heterocycles. The summed E-state index contributed by atoms with van der Waals surface area (Å²) in [6.45, 7) is 1.64. The first-order valence-corrected chi connectivity index (χ1v) is 8.33. The molecule has 104 valence electrons. The summed E-state index contributed by atoms with van der Waals surface area (Å²) in [6.07, 6.45) is 3.77. The van der Waals surface area contributed by atoms with Crippen molar-refractivity contribution in [2.45, 2.75) is 6.10 Å². The van der Waals surface area contributed by atoms with Gasteiger partial charge in [-0.2, -0.15) is 0 Å². The molecule has 20 heavy (non-hydrogen) atoms. The first kappa shape index (κ1) is 13.8. The van der Waals surface area contributed by atoms with E-state index in [0.717, 1.165) is 24.2 Å². The molecule has 4 heteroatoms. The average molecular weight is 303 g/mol. The Morgan fingerprint density at radius 3 is 1.95 bits per heavy atom. The van der Waals surface area contributed by atoms with E-state index in [1.54, 1.807) is 22.7 Å². The summed E-state index contributed by atoms with van der Waals surface area (Å²) in [6, 6.07) is 8.25. The van der Waals surface area contributed by atoms with Crippen LogP contribution in [-0.2, 0) is 0 Å². The molecule has 1 aliphatic rings. The Labute approximate surface area is 127 Å². The van der Waals surface area contributed by atoms with Crippen molar-refractivity contribution in [2.75, 3.05) is 20.1 Å². The highest BCUT2D eigenvalue weighted by Gasteiger charge is 2.24. The van der Waals surface area contributed by atoms with Gasteiger partial charge in [0, 0.05) is 22.8 Å². The molecule has 0 spiro atoms. The minimum absolute atomic E-state index is 0.463. The van der Waals surface area contributed by atoms with Gasteiger partial charge in [0.05, 0.1) is 6.10 Å². The topological polar surface area (TPSA) is 23.5 Å². The number of rotatable bonds is 2. The normalized spacial score (nSPS) is 24.6. The molecule has 2 aromatic rings. The van der Waals surface area contributed by atoms with Crippen LogP contribution in [0.2, 0.25) is 0 Å². The van der Waals surface area contributed by atoms with E-state index < -0.39 is 6.10 Å². The van der Waals surface area contributed by atoms with Crippen LogP contribution in [-0.4, -0.2) is 36.2 Å². The second kappa shape index (κ2) is 6.06. The van der Waals surface area contributed by atoms with Crippen molar-refractivity contribution in [3.8, 4) is 0 Å². The predicted molar refractivity (Wildman–Crippen MR) is 88.1 cm³/mol. The highest BCUT2D eigenvalue weighted by atomic mass is 32.1. The number of aliphatic hydroxyl groups excluding tert-OH is 1. The van der Waals surface area contributed by atoms with Gasteiger partial charge >= 0.3 is 0 Å². The maximum absolute atomic E-state index is 10.6. The summed E-state index contributed by atoms with van der Waals surface area (Å²) in [7, 11) is 2.09. The van der Waals surface area contributed by atoms with Crippen LogP contribution in [0.3, 0.4) is 0 Å². The minimum Gasteiger partial charge on any atom is -0.384 e. The fourth-order valence-electron chi connectivity index (χ4n) is 2.45. The van der Waals surface area contributed by atoms with Gasteiger partial charge in [-0.3, -0.25) is 4.90 Å². The third-order valence-corrected chi connectivity index (χ3v) is 4.99. The van der Waals surface area contributed by atoms with E-state index in [1.165, 1.54) is 9.75 Å². The van der Waals surface area contributed by atoms with Gasteiger partial charge in [0.15, 0.2) is 0 Å². The molecular weight excluding hydrogens is 286 g/mol. The number of aliphatic hydroxyl groups is 1. The summed E-state index contributed by atoms with van der Waals surface area (Å²) < 4.78 is 0. The van der Waals surface area contributed by atoms with Gasteiger partial charge in [-0.1, -0.05) is 12.1 Å². The quantitative estimate of drug-likeness (QED) is 0.916. The van der Waals surface area contributed by atoms with Crippen molar-refractivity contribution in [2.24, 2.45) is 0 Å². The molecule has 0 atom stereocenters. The number of hydrogen-bond donors (Lipinski definition) is 1. The second-order valence-electron chi connectivity index (χ2n) is 5.04. The van der Waals surface area contributed by atoms with E-state index >= 15 is 0 Å². The molecule has 0 unspecified atom stereocenters. The van der Waals surface area contributed by atoms with E-state index in [0.29, 0.717) is 0 Å². The fourth-order valence-corrected chi connectivity index (χ4v) is 3.83. The zero-order valence-electron chi connectivity index (χ0n) is 11.3. The number of hydrogen-bond acceptors (Lipinski definition) is 4. The number of piperidine rings is 1. The molecule has 0 bridgehead atoms. The van der Waals surface area contributed by atoms with Gasteiger partial charge in [0.1, 0.15) is 0 Å². The van der Waals surface area contributed by atoms with Crippen LogP contribution in [0, 0.1) is 0 Å². The molecular formula is C16H17NOS2. The van der Waals surface area contributed by atoms with E-state index in [-0.39, 0.29) is 0 Å². The number of likely N-dealkylation sites (tertiary alicyclic amines) is 1. The molecule has 0 aliphatic carbocycles. The van der Waals surface area contributed by atoms with Gasteiger partial charge in [-0.05, 0) is 53.2 Å². The lowest BCUT2D eigenvalue weighted by molar-refractivity contribution is 0.198. The SMILES string of the molecule is CN1C/C(=C\c2cccs2)C(O)/C(=C/c2cccs2)C1. The zero-order chi connectivity index (χ0) is 13.9. The zero-order valence-corrected chi connectivity index (χ0v) is 13.0. The van der Waals surface area contributed by atoms with Crippen molar-refractivity contribution in [1.82, 2.24) is 4.90 Å². The van der Waals surface area contributed by atoms with Gasteiger partial charge in [0.25, 0.3) is 0 Å². The molecule has 2 nitrogen and oxygen atoms in total. The van der Waals surface area contributed by atoms with Crippen molar-refractivity contribution in [3.63, 3.8) is 0 Å². The monoisotopic (exact) mass is 303 g/mol. The number of nitrogens with zero attached hydrogens (tertiary/aromatic N) is 1. The summed E-state index contributed by atoms with van der Waals surface area (Å²) in [5.74, 6) is 0. The molecule has 0 radical (unpaired) electrons. The molecule has 0 saturated carbocycles. The maximum atomic E-state index is 10.6. The predicted octanol–water partition coefficient (Wildman–Crippen LogP) is 3.58. The van der Waals surface area contributed by atoms with E-state index in [2.05, 4.69) is 47.0 Å². The van der Waals surface area contributed by atoms with Crippen LogP contribution >= 0.6 is 22.7 Å². The van der Waals surface area contributed by atoms with E-state index in [1.807, 2.05) is 12.1 Å². The van der Waals surface area contributed by atoms with Crippen molar-refractivity contribution < 1.29 is 5.11 Å². The lowest BCUT2D eigenvalue weighted by atomic mass is 9.95. The summed E-state index contributed by atoms with van der Waals surface area (Å²) >= 11 is 3.41. The van der Waals surface area contributed by atoms with Gasteiger partial charge in [0.2, 0.25) is 0 Å². The first-order valence-electron chi connectivity index (χ1n) is 6.57. The standard InChI is InChI=1S/C16H17NOS2/c1-17-10-12(8-14-4-2-6-19-14)16(18)13(11-17)9-15-5-3-7-20-15/h2-9,16,18H,10-11H2,1H3/b12-8+,13-9+. The first-order chi connectivity index (χ1) is 9.72. The van der Waals surface area contributed by atoms with Crippen molar-refractivity contribution in [3.05, 3.63) is 55.9 Å². The molecule has 1 N–H and O–H groups in total. The van der Waals surface area contributed by atoms with Crippen LogP contribution in [0.1, 0.15) is 9.75 Å². The summed E-state index contributed by atoms with van der Waals surface area (Å²) in [5, 5.41) is 14.7. The van der Waals surface area contributed by atoms with Gasteiger partial charge in [-0.15, -0.1) is 22.7 Å². The second-order valence-corrected chi connectivity index (χ2v) is 7.00. The minimum atomic E-state index is -0.463. The Kier molecular flexibility index (Phi) is 4.17. The van der Waals surface area contributed by atoms with E-state index in [4.69, 9.17) is 0 Å². The molecule has 1 fully saturated rings. The Bertz CT molecular complexity index is 557. The Morgan fingerprint density at radius 1 is 1.05 bits per heavy atom. The lowest BCUT2D eigenvalue weighted by Crippen LogP contribution is -2.37. The lowest BCUT2D eigenvalue weighted by Gasteiger charge is -2.31. The highest BCUT2D eigenvalue weighted by molar-refractivity contribution is 7.11. The van der Waals surface area contributed by atoms with Crippen LogP contribution in [0.4, 0.5) is 0 Å². The Hall–Kier alpha value is -1.20. The third-order valence-electron chi connectivity index (χ3n) is 3.35. The molecule has 0 aromatic carbocycles. The molecule has 2 aromatic heterocycles. The van der Waals surface area contributed by atoms with Crippen molar-refractivity contribution in [1.29, 1.82) is 0 Å². The molecule has 1 saturated heterocycles. The maximum Gasteiger partial charge on any atom is 0.0992 e. The van der Waals surface area contributed by atoms with Crippen LogP contribution in [0.15, 0.2) is 46.2 Å². The number of thiophene rings is 2. The Morgan fingerprint density at radius 2 is 1.55 bits per heavy atom. The fraction of sp³-hybridized carbons (Fsp3) is 0.250. The third kappa shape index (κ3) is 3.10. The summed E-state index contributed by atoms with van der Waals surface area (Å²) in [4.78, 5) is 4.64. The molecule has 1 aliphatic heterocycles.